The van der Waals surface area contributed by atoms with Gasteiger partial charge in [0.1, 0.15) is 11.5 Å². The molecule has 4 nitrogen and oxygen atoms in total. The molecule has 28 heavy (non-hydrogen) atoms. The van der Waals surface area contributed by atoms with E-state index in [-0.39, 0.29) is 24.1 Å². The molecule has 2 aromatic rings. The van der Waals surface area contributed by atoms with Crippen LogP contribution in [0.3, 0.4) is 0 Å². The van der Waals surface area contributed by atoms with Gasteiger partial charge in [0.05, 0.1) is 5.56 Å². The van der Waals surface area contributed by atoms with E-state index in [9.17, 15) is 18.0 Å². The Morgan fingerprint density at radius 3 is 2.50 bits per heavy atom. The molecule has 0 saturated heterocycles. The van der Waals surface area contributed by atoms with Crippen LogP contribution in [0.25, 0.3) is 0 Å². The van der Waals surface area contributed by atoms with Crippen molar-refractivity contribution in [1.82, 2.24) is 10.6 Å². The number of ether oxygens (including phenoxy) is 1. The molecular weight excluding hydrogens is 393 g/mol. The molecule has 2 N–H and O–H groups in total. The summed E-state index contributed by atoms with van der Waals surface area (Å²) in [7, 11) is 0. The molecule has 1 aliphatic rings. The van der Waals surface area contributed by atoms with Gasteiger partial charge in [-0.15, -0.1) is 12.4 Å². The summed E-state index contributed by atoms with van der Waals surface area (Å²) in [6.45, 7) is 2.16. The van der Waals surface area contributed by atoms with Crippen LogP contribution in [-0.4, -0.2) is 25.5 Å². The average molecular weight is 413 g/mol. The maximum absolute atomic E-state index is 12.8. The molecule has 0 bridgehead atoms. The lowest BCUT2D eigenvalue weighted by Crippen LogP contribution is -2.29. The second-order valence-electron chi connectivity index (χ2n) is 6.15. The van der Waals surface area contributed by atoms with Crippen molar-refractivity contribution in [2.45, 2.75) is 12.6 Å². The zero-order valence-corrected chi connectivity index (χ0v) is 15.7. The molecule has 0 radical (unpaired) electrons. The van der Waals surface area contributed by atoms with E-state index in [4.69, 9.17) is 4.74 Å². The van der Waals surface area contributed by atoms with E-state index >= 15 is 0 Å². The van der Waals surface area contributed by atoms with Crippen LogP contribution in [0, 0.1) is 0 Å². The zero-order chi connectivity index (χ0) is 19.3. The Morgan fingerprint density at radius 1 is 1.11 bits per heavy atom. The van der Waals surface area contributed by atoms with Gasteiger partial charge in [-0.25, -0.2) is 0 Å². The summed E-state index contributed by atoms with van der Waals surface area (Å²) in [5, 5.41) is 6.05. The van der Waals surface area contributed by atoms with Crippen molar-refractivity contribution >= 4 is 18.3 Å². The van der Waals surface area contributed by atoms with E-state index in [0.717, 1.165) is 31.6 Å². The van der Waals surface area contributed by atoms with Crippen molar-refractivity contribution in [1.29, 1.82) is 0 Å². The number of hydrogen-bond donors (Lipinski definition) is 2. The minimum atomic E-state index is -4.44. The minimum absolute atomic E-state index is 0. The topological polar surface area (TPSA) is 50.4 Å². The number of carbonyl (C=O) groups is 1. The summed E-state index contributed by atoms with van der Waals surface area (Å²) in [4.78, 5) is 12.3. The van der Waals surface area contributed by atoms with Crippen molar-refractivity contribution < 1.29 is 22.7 Å². The van der Waals surface area contributed by atoms with Crippen molar-refractivity contribution in [2.75, 3.05) is 19.6 Å². The molecule has 3 rings (SSSR count). The first-order valence-electron chi connectivity index (χ1n) is 8.54. The number of benzene rings is 2. The van der Waals surface area contributed by atoms with Crippen LogP contribution >= 0.6 is 12.4 Å². The Labute approximate surface area is 167 Å². The number of nitrogens with one attached hydrogen (secondary N) is 2. The maximum atomic E-state index is 12.8. The van der Waals surface area contributed by atoms with Gasteiger partial charge >= 0.3 is 6.18 Å². The van der Waals surface area contributed by atoms with Crippen LogP contribution in [0.1, 0.15) is 22.3 Å². The average Bonchev–Trinajstić information content (AvgIpc) is 2.67. The Kier molecular flexibility index (Phi) is 7.48. The summed E-state index contributed by atoms with van der Waals surface area (Å²) in [5.74, 6) is 0.0919. The van der Waals surface area contributed by atoms with Gasteiger partial charge in [-0.05, 0) is 49.4 Å². The molecule has 0 saturated carbocycles. The van der Waals surface area contributed by atoms with Crippen LogP contribution in [-0.2, 0) is 6.18 Å². The second kappa shape index (κ2) is 9.61. The summed E-state index contributed by atoms with van der Waals surface area (Å²) < 4.78 is 43.9. The molecule has 150 valence electrons. The van der Waals surface area contributed by atoms with Crippen LogP contribution in [0.2, 0.25) is 0 Å². The number of carbonyl (C=O) groups excluding carboxylic acids is 1. The molecule has 2 aromatic carbocycles. The van der Waals surface area contributed by atoms with Crippen molar-refractivity contribution in [3.63, 3.8) is 0 Å². The fourth-order valence-electron chi connectivity index (χ4n) is 2.70. The third kappa shape index (κ3) is 6.00. The predicted molar refractivity (Wildman–Crippen MR) is 103 cm³/mol. The van der Waals surface area contributed by atoms with Crippen molar-refractivity contribution in [3.8, 4) is 11.5 Å². The molecular formula is C20H20ClF3N2O2. The van der Waals surface area contributed by atoms with E-state index in [1.165, 1.54) is 23.8 Å². The van der Waals surface area contributed by atoms with Gasteiger partial charge in [0.15, 0.2) is 0 Å². The van der Waals surface area contributed by atoms with Gasteiger partial charge in [0, 0.05) is 18.7 Å². The molecule has 0 aliphatic carbocycles. The fourth-order valence-corrected chi connectivity index (χ4v) is 2.70. The number of halogens is 4. The van der Waals surface area contributed by atoms with Gasteiger partial charge in [0.2, 0.25) is 0 Å². The highest BCUT2D eigenvalue weighted by Crippen LogP contribution is 2.32. The lowest BCUT2D eigenvalue weighted by Gasteiger charge is -2.15. The van der Waals surface area contributed by atoms with Crippen LogP contribution in [0.5, 0.6) is 11.5 Å². The van der Waals surface area contributed by atoms with Crippen LogP contribution in [0.15, 0.2) is 60.2 Å². The summed E-state index contributed by atoms with van der Waals surface area (Å²) in [6.07, 6.45) is -1.50. The Bertz CT molecular complexity index is 853. The summed E-state index contributed by atoms with van der Waals surface area (Å²) in [5.41, 5.74) is 0.761. The van der Waals surface area contributed by atoms with Gasteiger partial charge in [0.25, 0.3) is 5.91 Å². The lowest BCUT2D eigenvalue weighted by atomic mass is 10.1. The fraction of sp³-hybridized carbons (Fsp3) is 0.250. The quantitative estimate of drug-likeness (QED) is 0.707. The first-order valence-corrected chi connectivity index (χ1v) is 8.54. The summed E-state index contributed by atoms with van der Waals surface area (Å²) in [6, 6.07) is 11.0. The van der Waals surface area contributed by atoms with Gasteiger partial charge in [-0.3, -0.25) is 4.79 Å². The molecule has 0 aromatic heterocycles. The highest BCUT2D eigenvalue weighted by atomic mass is 35.5. The van der Waals surface area contributed by atoms with Gasteiger partial charge in [-0.2, -0.15) is 13.2 Å². The Hall–Kier alpha value is -2.51. The Morgan fingerprint density at radius 2 is 1.82 bits per heavy atom. The van der Waals surface area contributed by atoms with Gasteiger partial charge in [-0.1, -0.05) is 23.8 Å². The zero-order valence-electron chi connectivity index (χ0n) is 14.9. The molecule has 0 spiro atoms. The van der Waals surface area contributed by atoms with Crippen LogP contribution < -0.4 is 15.4 Å². The largest absolute Gasteiger partial charge is 0.457 e. The standard InChI is InChI=1S/C20H19F3N2O2.ClH/c21-20(22,23)16-4-2-6-18(12-16)27-17-5-1-3-15(11-17)19(26)25-13-14-7-9-24-10-8-14;/h1-7,11-12,24H,8-10,13H2,(H,25,26);1H. The minimum Gasteiger partial charge on any atom is -0.457 e. The smallest absolute Gasteiger partial charge is 0.416 e. The molecule has 0 unspecified atom stereocenters. The number of hydrogen-bond acceptors (Lipinski definition) is 3. The normalized spacial score (nSPS) is 13.9. The first-order chi connectivity index (χ1) is 12.9. The third-order valence-electron chi connectivity index (χ3n) is 4.13. The number of rotatable bonds is 5. The van der Waals surface area contributed by atoms with E-state index in [0.29, 0.717) is 17.9 Å². The first kappa shape index (κ1) is 21.8. The molecule has 1 amide bonds. The Balaban J connectivity index is 0.00000280. The molecule has 1 aliphatic heterocycles. The van der Waals surface area contributed by atoms with Crippen LogP contribution in [0.4, 0.5) is 13.2 Å². The second-order valence-corrected chi connectivity index (χ2v) is 6.15. The maximum Gasteiger partial charge on any atom is 0.416 e. The summed E-state index contributed by atoms with van der Waals surface area (Å²) >= 11 is 0. The SMILES string of the molecule is Cl.O=C(NCC1=CCNCC1)c1cccc(Oc2cccc(C(F)(F)F)c2)c1. The van der Waals surface area contributed by atoms with E-state index < -0.39 is 11.7 Å². The number of amides is 1. The van der Waals surface area contributed by atoms with E-state index in [1.807, 2.05) is 0 Å². The molecule has 8 heteroatoms. The molecule has 0 fully saturated rings. The van der Waals surface area contributed by atoms with E-state index in [2.05, 4.69) is 16.7 Å². The monoisotopic (exact) mass is 412 g/mol. The number of alkyl halides is 3. The lowest BCUT2D eigenvalue weighted by molar-refractivity contribution is -0.137. The third-order valence-corrected chi connectivity index (χ3v) is 4.13. The highest BCUT2D eigenvalue weighted by Gasteiger charge is 2.30. The van der Waals surface area contributed by atoms with Crippen molar-refractivity contribution in [2.24, 2.45) is 0 Å². The van der Waals surface area contributed by atoms with Crippen molar-refractivity contribution in [3.05, 3.63) is 71.3 Å². The van der Waals surface area contributed by atoms with E-state index in [1.54, 1.807) is 18.2 Å². The van der Waals surface area contributed by atoms with Gasteiger partial charge < -0.3 is 15.4 Å². The molecule has 0 atom stereocenters. The predicted octanol–water partition coefficient (Wildman–Crippen LogP) is 4.57. The molecule has 1 heterocycles. The highest BCUT2D eigenvalue weighted by molar-refractivity contribution is 5.94.